The first-order valence-electron chi connectivity index (χ1n) is 14.2. The van der Waals surface area contributed by atoms with Crippen LogP contribution < -0.4 is 50.4 Å². The molecule has 43 heavy (non-hydrogen) atoms. The number of unbranched alkanes of at least 4 members (excludes halogenated alkanes) is 1. The number of amides is 3. The van der Waals surface area contributed by atoms with Crippen LogP contribution in [0.1, 0.15) is 50.5 Å². The lowest BCUT2D eigenvalue weighted by atomic mass is 10.0. The summed E-state index contributed by atoms with van der Waals surface area (Å²) in [5.74, 6) is -3.30. The summed E-state index contributed by atoms with van der Waals surface area (Å²) in [7, 11) is 0. The second kappa shape index (κ2) is 20.4. The van der Waals surface area contributed by atoms with Gasteiger partial charge in [0.05, 0.1) is 6.04 Å². The highest BCUT2D eigenvalue weighted by Gasteiger charge is 2.30. The number of aliphatic imine (C=N–C) groups is 2. The minimum absolute atomic E-state index is 0.0646. The van der Waals surface area contributed by atoms with Gasteiger partial charge in [0.2, 0.25) is 17.7 Å². The fraction of sp³-hybridized carbons (Fsp3) is 0.556. The van der Waals surface area contributed by atoms with Crippen LogP contribution in [0.2, 0.25) is 0 Å². The van der Waals surface area contributed by atoms with Crippen LogP contribution in [0, 0.1) is 0 Å². The van der Waals surface area contributed by atoms with Crippen LogP contribution in [0.4, 0.5) is 0 Å². The average Bonchev–Trinajstić information content (AvgIpc) is 2.95. The van der Waals surface area contributed by atoms with E-state index in [0.717, 1.165) is 5.56 Å². The normalized spacial score (nSPS) is 13.4. The minimum atomic E-state index is -1.24. The molecule has 0 bridgehead atoms. The molecule has 3 amide bonds. The van der Waals surface area contributed by atoms with E-state index in [0.29, 0.717) is 38.8 Å². The molecule has 0 aliphatic heterocycles. The predicted molar refractivity (Wildman–Crippen MR) is 164 cm³/mol. The first kappa shape index (κ1) is 36.6. The van der Waals surface area contributed by atoms with E-state index < -0.39 is 47.9 Å². The van der Waals surface area contributed by atoms with E-state index in [1.54, 1.807) is 24.3 Å². The van der Waals surface area contributed by atoms with Crippen molar-refractivity contribution < 1.29 is 24.3 Å². The summed E-state index contributed by atoms with van der Waals surface area (Å²) in [4.78, 5) is 59.1. The summed E-state index contributed by atoms with van der Waals surface area (Å²) in [6.07, 6.45) is 2.48. The van der Waals surface area contributed by atoms with Gasteiger partial charge in [0.1, 0.15) is 18.1 Å². The average molecular weight is 606 g/mol. The fourth-order valence-electron chi connectivity index (χ4n) is 4.06. The van der Waals surface area contributed by atoms with Gasteiger partial charge in [-0.2, -0.15) is 0 Å². The number of carboxylic acid groups (broad SMARTS) is 1. The molecule has 0 aliphatic carbocycles. The molecule has 0 radical (unpaired) electrons. The second-order valence-corrected chi connectivity index (χ2v) is 10.0. The highest BCUT2D eigenvalue weighted by molar-refractivity contribution is 5.94. The maximum atomic E-state index is 13.5. The summed E-state index contributed by atoms with van der Waals surface area (Å²) >= 11 is 0. The quantitative estimate of drug-likeness (QED) is 0.0391. The van der Waals surface area contributed by atoms with Crippen LogP contribution in [0.15, 0.2) is 40.3 Å². The third-order valence-electron chi connectivity index (χ3n) is 6.36. The Morgan fingerprint density at radius 1 is 0.698 bits per heavy atom. The number of guanidine groups is 2. The fourth-order valence-corrected chi connectivity index (χ4v) is 4.06. The summed E-state index contributed by atoms with van der Waals surface area (Å²) in [6, 6.07) is 4.69. The Morgan fingerprint density at radius 2 is 1.21 bits per heavy atom. The number of nitrogens with zero attached hydrogens (tertiary/aromatic N) is 2. The molecule has 4 unspecified atom stereocenters. The molecular formula is C27H47N11O5. The van der Waals surface area contributed by atoms with Crippen molar-refractivity contribution in [3.05, 3.63) is 35.9 Å². The molecule has 4 atom stereocenters. The second-order valence-electron chi connectivity index (χ2n) is 10.0. The Labute approximate surface area is 251 Å². The van der Waals surface area contributed by atoms with Crippen LogP contribution in [0.3, 0.4) is 0 Å². The van der Waals surface area contributed by atoms with Gasteiger partial charge in [0, 0.05) is 19.5 Å². The maximum Gasteiger partial charge on any atom is 0.326 e. The molecule has 1 rings (SSSR count). The summed E-state index contributed by atoms with van der Waals surface area (Å²) < 4.78 is 0. The number of rotatable bonds is 21. The molecule has 16 N–H and O–H groups in total. The van der Waals surface area contributed by atoms with Gasteiger partial charge in [-0.1, -0.05) is 30.3 Å². The number of carbonyl (C=O) groups excluding carboxylic acids is 3. The third-order valence-corrected chi connectivity index (χ3v) is 6.36. The van der Waals surface area contributed by atoms with E-state index in [1.165, 1.54) is 0 Å². The van der Waals surface area contributed by atoms with E-state index in [-0.39, 0.29) is 44.1 Å². The Kier molecular flexibility index (Phi) is 17.4. The first-order valence-corrected chi connectivity index (χ1v) is 14.2. The van der Waals surface area contributed by atoms with Crippen LogP contribution in [0.25, 0.3) is 0 Å². The van der Waals surface area contributed by atoms with Gasteiger partial charge < -0.3 is 55.5 Å². The summed E-state index contributed by atoms with van der Waals surface area (Å²) in [5.41, 5.74) is 33.6. The van der Waals surface area contributed by atoms with E-state index in [4.69, 9.17) is 34.4 Å². The molecule has 0 saturated heterocycles. The van der Waals surface area contributed by atoms with Gasteiger partial charge in [-0.05, 0) is 57.1 Å². The van der Waals surface area contributed by atoms with E-state index in [2.05, 4.69) is 25.9 Å². The van der Waals surface area contributed by atoms with Crippen LogP contribution in [-0.4, -0.2) is 84.5 Å². The van der Waals surface area contributed by atoms with Crippen molar-refractivity contribution in [1.82, 2.24) is 16.0 Å². The zero-order valence-corrected chi connectivity index (χ0v) is 24.4. The van der Waals surface area contributed by atoms with Gasteiger partial charge in [0.25, 0.3) is 0 Å². The van der Waals surface area contributed by atoms with Crippen molar-refractivity contribution >= 4 is 35.6 Å². The van der Waals surface area contributed by atoms with Gasteiger partial charge in [-0.25, -0.2) is 4.79 Å². The largest absolute Gasteiger partial charge is 0.480 e. The molecule has 0 aliphatic rings. The van der Waals surface area contributed by atoms with Gasteiger partial charge in [0.15, 0.2) is 11.9 Å². The topological polar surface area (TPSA) is 305 Å². The first-order chi connectivity index (χ1) is 20.4. The highest BCUT2D eigenvalue weighted by Crippen LogP contribution is 2.08. The molecule has 1 aromatic rings. The predicted octanol–water partition coefficient (Wildman–Crippen LogP) is -2.67. The van der Waals surface area contributed by atoms with E-state index in [1.807, 2.05) is 6.07 Å². The van der Waals surface area contributed by atoms with Crippen molar-refractivity contribution in [3.8, 4) is 0 Å². The number of carboxylic acids is 1. The Hall–Kier alpha value is -4.44. The number of nitrogens with two attached hydrogens (primary N) is 6. The Morgan fingerprint density at radius 3 is 1.77 bits per heavy atom. The van der Waals surface area contributed by atoms with Gasteiger partial charge in [-0.15, -0.1) is 0 Å². The molecule has 1 aromatic carbocycles. The number of hydrogen-bond acceptors (Lipinski definition) is 8. The minimum Gasteiger partial charge on any atom is -0.480 e. The lowest BCUT2D eigenvalue weighted by Gasteiger charge is -2.25. The Balaban J connectivity index is 3.05. The zero-order valence-electron chi connectivity index (χ0n) is 24.4. The van der Waals surface area contributed by atoms with Gasteiger partial charge in [-0.3, -0.25) is 24.4 Å². The van der Waals surface area contributed by atoms with Crippen molar-refractivity contribution in [2.24, 2.45) is 44.4 Å². The highest BCUT2D eigenvalue weighted by atomic mass is 16.4. The SMILES string of the molecule is NCCCCC(NC(=O)C(Cc1ccccc1)NC(=O)C(N)CCCN=C(N)N)C(=O)NC(CCCN=C(N)N)C(=O)O. The molecule has 16 nitrogen and oxygen atoms in total. The smallest absolute Gasteiger partial charge is 0.326 e. The molecule has 0 fully saturated rings. The summed E-state index contributed by atoms with van der Waals surface area (Å²) in [6.45, 7) is 0.858. The number of hydrogen-bond donors (Lipinski definition) is 10. The van der Waals surface area contributed by atoms with E-state index >= 15 is 0 Å². The van der Waals surface area contributed by atoms with Crippen molar-refractivity contribution in [3.63, 3.8) is 0 Å². The number of benzene rings is 1. The standard InChI is InChI=1S/C27H47N11O5/c28-13-5-4-11-19(23(40)37-20(25(42)43)12-7-15-35-27(32)33)36-24(41)21(16-17-8-2-1-3-9-17)38-22(39)18(29)10-6-14-34-26(30)31/h1-3,8-9,18-21H,4-7,10-16,28-29H2,(H,36,41)(H,37,40)(H,38,39)(H,42,43)(H4,30,31,34)(H4,32,33,35). The lowest BCUT2D eigenvalue weighted by molar-refractivity contribution is -0.142. The maximum absolute atomic E-state index is 13.5. The van der Waals surface area contributed by atoms with E-state index in [9.17, 15) is 24.3 Å². The number of aliphatic carboxylic acids is 1. The zero-order chi connectivity index (χ0) is 32.2. The molecule has 0 spiro atoms. The monoisotopic (exact) mass is 605 g/mol. The van der Waals surface area contributed by atoms with Crippen LogP contribution >= 0.6 is 0 Å². The summed E-state index contributed by atoms with van der Waals surface area (Å²) in [5, 5.41) is 17.5. The number of nitrogens with one attached hydrogen (secondary N) is 3. The van der Waals surface area contributed by atoms with Crippen molar-refractivity contribution in [2.75, 3.05) is 19.6 Å². The van der Waals surface area contributed by atoms with Crippen molar-refractivity contribution in [1.29, 1.82) is 0 Å². The van der Waals surface area contributed by atoms with Crippen LogP contribution in [-0.2, 0) is 25.6 Å². The third kappa shape index (κ3) is 16.0. The van der Waals surface area contributed by atoms with Crippen molar-refractivity contribution in [2.45, 2.75) is 75.5 Å². The molecule has 240 valence electrons. The van der Waals surface area contributed by atoms with Gasteiger partial charge >= 0.3 is 5.97 Å². The molecule has 16 heteroatoms. The van der Waals surface area contributed by atoms with Crippen LogP contribution in [0.5, 0.6) is 0 Å². The molecule has 0 saturated carbocycles. The molecule has 0 heterocycles. The molecule has 0 aromatic heterocycles. The molecular weight excluding hydrogens is 558 g/mol. The number of carbonyl (C=O) groups is 4. The lowest BCUT2D eigenvalue weighted by Crippen LogP contribution is -2.57. The Bertz CT molecular complexity index is 1080.